The summed E-state index contributed by atoms with van der Waals surface area (Å²) in [6.07, 6.45) is 2.06. The van der Waals surface area contributed by atoms with Crippen LogP contribution in [0, 0.1) is 0 Å². The van der Waals surface area contributed by atoms with Crippen molar-refractivity contribution in [3.63, 3.8) is 0 Å². The van der Waals surface area contributed by atoms with E-state index in [1.165, 1.54) is 7.05 Å². The van der Waals surface area contributed by atoms with Crippen molar-refractivity contribution in [2.45, 2.75) is 5.97 Å². The van der Waals surface area contributed by atoms with Crippen molar-refractivity contribution >= 4 is 7.60 Å². The molecule has 0 fully saturated rings. The van der Waals surface area contributed by atoms with Gasteiger partial charge < -0.3 is 14.9 Å². The van der Waals surface area contributed by atoms with Crippen LogP contribution in [0.5, 0.6) is 0 Å². The van der Waals surface area contributed by atoms with Gasteiger partial charge in [0.05, 0.1) is 13.2 Å². The predicted octanol–water partition coefficient (Wildman–Crippen LogP) is -3.43. The summed E-state index contributed by atoms with van der Waals surface area (Å²) in [5, 5.41) is 16.1. The number of aliphatic hydroxyl groups is 1. The number of aromatic amines is 1. The van der Waals surface area contributed by atoms with E-state index in [0.29, 0.717) is 4.68 Å². The standard InChI is InChI=1S/C7H9N6O6P/c1-11-3-12(6(15)8-5(11)14)4-2-13(10-9-4)7(16)20(17,18)19/h2-3,7,16H,1H3,(H2-,8,14,15,17,18,19)/p+1. The summed E-state index contributed by atoms with van der Waals surface area (Å²) < 4.78 is 13.3. The summed E-state index contributed by atoms with van der Waals surface area (Å²) in [6, 6.07) is 0. The smallest absolute Gasteiger partial charge is 0.362 e. The van der Waals surface area contributed by atoms with Gasteiger partial charge in [0.1, 0.15) is 0 Å². The minimum Gasteiger partial charge on any atom is -0.362 e. The number of hydrogen-bond donors (Lipinski definition) is 4. The molecule has 4 N–H and O–H groups in total. The second-order valence-electron chi connectivity index (χ2n) is 3.82. The van der Waals surface area contributed by atoms with Gasteiger partial charge in [0.15, 0.2) is 0 Å². The maximum Gasteiger partial charge on any atom is 0.452 e. The lowest BCUT2D eigenvalue weighted by atomic mass is 10.7. The number of hydrogen-bond acceptors (Lipinski definition) is 6. The van der Waals surface area contributed by atoms with Crippen molar-refractivity contribution in [3.05, 3.63) is 33.5 Å². The maximum absolute atomic E-state index is 11.6. The number of aliphatic hydroxyl groups excluding tert-OH is 1. The van der Waals surface area contributed by atoms with Crippen LogP contribution in [0.25, 0.3) is 5.82 Å². The Balaban J connectivity index is 2.49. The molecule has 0 spiro atoms. The van der Waals surface area contributed by atoms with Crippen LogP contribution >= 0.6 is 7.60 Å². The molecular weight excluding hydrogens is 295 g/mol. The van der Waals surface area contributed by atoms with Crippen molar-refractivity contribution in [2.75, 3.05) is 0 Å². The average molecular weight is 305 g/mol. The molecule has 12 nitrogen and oxygen atoms in total. The first kappa shape index (κ1) is 14.3. The van der Waals surface area contributed by atoms with Gasteiger partial charge in [0, 0.05) is 0 Å². The molecule has 2 aromatic heterocycles. The Hall–Kier alpha value is -2.14. The third-order valence-electron chi connectivity index (χ3n) is 2.32. The zero-order valence-corrected chi connectivity index (χ0v) is 10.9. The molecule has 20 heavy (non-hydrogen) atoms. The molecular formula is C7H10N6O6P+. The largest absolute Gasteiger partial charge is 0.452 e. The fourth-order valence-corrected chi connectivity index (χ4v) is 1.75. The van der Waals surface area contributed by atoms with Gasteiger partial charge >= 0.3 is 19.0 Å². The van der Waals surface area contributed by atoms with E-state index >= 15 is 0 Å². The lowest BCUT2D eigenvalue weighted by molar-refractivity contribution is -0.693. The second-order valence-corrected chi connectivity index (χ2v) is 5.46. The van der Waals surface area contributed by atoms with Crippen LogP contribution in [0.4, 0.5) is 0 Å². The zero-order chi connectivity index (χ0) is 15.1. The van der Waals surface area contributed by atoms with Crippen molar-refractivity contribution in [3.8, 4) is 5.82 Å². The zero-order valence-electron chi connectivity index (χ0n) is 9.98. The molecule has 2 aromatic rings. The molecule has 1 unspecified atom stereocenters. The Morgan fingerprint density at radius 3 is 2.70 bits per heavy atom. The number of rotatable bonds is 3. The molecule has 0 bridgehead atoms. The third kappa shape index (κ3) is 2.58. The Kier molecular flexibility index (Phi) is 3.39. The van der Waals surface area contributed by atoms with Gasteiger partial charge in [-0.3, -0.25) is 4.57 Å². The summed E-state index contributed by atoms with van der Waals surface area (Å²) in [5.41, 5.74) is -1.46. The van der Waals surface area contributed by atoms with Crippen molar-refractivity contribution < 1.29 is 24.0 Å². The van der Waals surface area contributed by atoms with E-state index in [-0.39, 0.29) is 5.82 Å². The first-order chi connectivity index (χ1) is 9.20. The first-order valence-electron chi connectivity index (χ1n) is 5.07. The van der Waals surface area contributed by atoms with Gasteiger partial charge in [-0.15, -0.1) is 4.57 Å². The molecule has 1 atom stereocenters. The summed E-state index contributed by atoms with van der Waals surface area (Å²) in [7, 11) is -3.44. The van der Waals surface area contributed by atoms with Crippen LogP contribution in [-0.4, -0.2) is 39.4 Å². The van der Waals surface area contributed by atoms with Crippen molar-refractivity contribution in [1.29, 1.82) is 0 Å². The first-order valence-corrected chi connectivity index (χ1v) is 6.75. The second kappa shape index (κ2) is 4.76. The molecule has 0 aromatic carbocycles. The van der Waals surface area contributed by atoms with E-state index in [4.69, 9.17) is 9.79 Å². The van der Waals surface area contributed by atoms with E-state index in [2.05, 4.69) is 10.3 Å². The summed E-state index contributed by atoms with van der Waals surface area (Å²) >= 11 is 0. The summed E-state index contributed by atoms with van der Waals surface area (Å²) in [6.45, 7) is 0. The van der Waals surface area contributed by atoms with Gasteiger partial charge in [-0.1, -0.05) is 10.3 Å². The van der Waals surface area contributed by atoms with E-state index in [1.54, 1.807) is 0 Å². The quantitative estimate of drug-likeness (QED) is 0.335. The highest BCUT2D eigenvalue weighted by Crippen LogP contribution is 2.46. The van der Waals surface area contributed by atoms with Crippen LogP contribution in [0.2, 0.25) is 0 Å². The van der Waals surface area contributed by atoms with E-state index in [1.807, 2.05) is 4.98 Å². The van der Waals surface area contributed by atoms with E-state index < -0.39 is 24.9 Å². The molecule has 0 amide bonds. The Labute approximate surface area is 109 Å². The highest BCUT2D eigenvalue weighted by atomic mass is 31.2. The van der Waals surface area contributed by atoms with Gasteiger partial charge in [-0.05, 0) is 0 Å². The van der Waals surface area contributed by atoms with Crippen LogP contribution < -0.4 is 15.9 Å². The minimum atomic E-state index is -4.82. The van der Waals surface area contributed by atoms with Gasteiger partial charge in [-0.25, -0.2) is 18.8 Å². The topological polar surface area (TPSA) is 167 Å². The normalized spacial score (nSPS) is 13.4. The van der Waals surface area contributed by atoms with Crippen LogP contribution in [-0.2, 0) is 11.6 Å². The van der Waals surface area contributed by atoms with Crippen molar-refractivity contribution in [1.82, 2.24) is 24.5 Å². The Morgan fingerprint density at radius 1 is 1.45 bits per heavy atom. The molecule has 108 valence electrons. The molecule has 0 aliphatic heterocycles. The predicted molar refractivity (Wildman–Crippen MR) is 60.7 cm³/mol. The molecule has 2 rings (SSSR count). The molecule has 0 aliphatic carbocycles. The van der Waals surface area contributed by atoms with Gasteiger partial charge in [0.25, 0.3) is 5.97 Å². The number of aryl methyl sites for hydroxylation is 1. The molecule has 0 aliphatic rings. The fourth-order valence-electron chi connectivity index (χ4n) is 1.33. The van der Waals surface area contributed by atoms with Crippen molar-refractivity contribution in [2.24, 2.45) is 7.05 Å². The monoisotopic (exact) mass is 305 g/mol. The Morgan fingerprint density at radius 2 is 2.10 bits per heavy atom. The lowest BCUT2D eigenvalue weighted by Crippen LogP contribution is -2.53. The number of nitrogens with one attached hydrogen (secondary N) is 1. The molecule has 13 heteroatoms. The third-order valence-corrected chi connectivity index (χ3v) is 3.16. The van der Waals surface area contributed by atoms with Crippen LogP contribution in [0.3, 0.4) is 0 Å². The summed E-state index contributed by atoms with van der Waals surface area (Å²) in [4.78, 5) is 42.4. The van der Waals surface area contributed by atoms with Crippen LogP contribution in [0.15, 0.2) is 22.1 Å². The molecule has 0 saturated heterocycles. The Bertz CT molecular complexity index is 801. The lowest BCUT2D eigenvalue weighted by Gasteiger charge is -2.10. The molecule has 0 radical (unpaired) electrons. The highest BCUT2D eigenvalue weighted by molar-refractivity contribution is 7.51. The molecule has 0 saturated carbocycles. The molecule has 2 heterocycles. The van der Waals surface area contributed by atoms with Crippen LogP contribution in [0.1, 0.15) is 5.97 Å². The van der Waals surface area contributed by atoms with Gasteiger partial charge in [-0.2, -0.15) is 4.98 Å². The average Bonchev–Trinajstić information content (AvgIpc) is 2.80. The van der Waals surface area contributed by atoms with E-state index in [9.17, 15) is 19.3 Å². The van der Waals surface area contributed by atoms with Gasteiger partial charge in [0.2, 0.25) is 12.1 Å². The number of H-pyrrole nitrogens is 1. The maximum atomic E-state index is 11.6. The fraction of sp³-hybridized carbons (Fsp3) is 0.286. The minimum absolute atomic E-state index is 0.130. The van der Waals surface area contributed by atoms with E-state index in [0.717, 1.165) is 21.7 Å². The number of nitrogens with zero attached hydrogens (tertiary/aromatic N) is 5. The number of aromatic nitrogens is 6. The highest BCUT2D eigenvalue weighted by Gasteiger charge is 2.30. The summed E-state index contributed by atoms with van der Waals surface area (Å²) in [5.74, 6) is -2.34. The SMILES string of the molecule is C[n+]1cn(-c2cn(C(O)P(=O)(O)O)nn2)c(=O)[nH]c1=O.